The summed E-state index contributed by atoms with van der Waals surface area (Å²) in [6, 6.07) is 0.372. The summed E-state index contributed by atoms with van der Waals surface area (Å²) in [4.78, 5) is 0. The molecule has 0 fully saturated rings. The van der Waals surface area contributed by atoms with Crippen molar-refractivity contribution in [2.24, 2.45) is 0 Å². The zero-order valence-electron chi connectivity index (χ0n) is 9.65. The third kappa shape index (κ3) is 5.77. The SMILES string of the molecule is CC(Cn1cc(Br)cn1)NCCCS(C)=O. The molecule has 16 heavy (non-hydrogen) atoms. The van der Waals surface area contributed by atoms with E-state index in [9.17, 15) is 4.21 Å². The molecular weight excluding hydrogens is 290 g/mol. The van der Waals surface area contributed by atoms with Crippen LogP contribution in [-0.4, -0.2) is 38.6 Å². The zero-order valence-corrected chi connectivity index (χ0v) is 12.1. The molecule has 92 valence electrons. The van der Waals surface area contributed by atoms with Crippen LogP contribution in [0.25, 0.3) is 0 Å². The van der Waals surface area contributed by atoms with Crippen LogP contribution in [0.2, 0.25) is 0 Å². The minimum absolute atomic E-state index is 0.372. The smallest absolute Gasteiger partial charge is 0.0632 e. The van der Waals surface area contributed by atoms with Gasteiger partial charge < -0.3 is 5.32 Å². The van der Waals surface area contributed by atoms with E-state index in [0.29, 0.717) is 6.04 Å². The lowest BCUT2D eigenvalue weighted by Gasteiger charge is -2.13. The second-order valence-corrected chi connectivity index (χ2v) is 6.34. The van der Waals surface area contributed by atoms with Crippen molar-refractivity contribution in [3.8, 4) is 0 Å². The van der Waals surface area contributed by atoms with Gasteiger partial charge in [-0.1, -0.05) is 0 Å². The van der Waals surface area contributed by atoms with Crippen molar-refractivity contribution >= 4 is 26.7 Å². The Labute approximate surface area is 107 Å². The summed E-state index contributed by atoms with van der Waals surface area (Å²) in [6.45, 7) is 3.88. The Balaban J connectivity index is 2.16. The molecule has 0 bridgehead atoms. The van der Waals surface area contributed by atoms with Crippen LogP contribution in [0.15, 0.2) is 16.9 Å². The maximum atomic E-state index is 10.8. The molecular formula is C10H18BrN3OS. The standard InChI is InChI=1S/C10H18BrN3OS/c1-9(12-4-3-5-16(2)15)7-14-8-10(11)6-13-14/h6,8-9,12H,3-5,7H2,1-2H3. The van der Waals surface area contributed by atoms with Gasteiger partial charge in [0, 0.05) is 35.0 Å². The highest BCUT2D eigenvalue weighted by Crippen LogP contribution is 2.06. The molecule has 2 atom stereocenters. The van der Waals surface area contributed by atoms with Crippen LogP contribution >= 0.6 is 15.9 Å². The third-order valence-corrected chi connectivity index (χ3v) is 3.44. The molecule has 1 aromatic heterocycles. The molecule has 0 aliphatic rings. The first-order valence-corrected chi connectivity index (χ1v) is 7.81. The Bertz CT molecular complexity index is 343. The van der Waals surface area contributed by atoms with Crippen molar-refractivity contribution in [2.75, 3.05) is 18.6 Å². The fourth-order valence-electron chi connectivity index (χ4n) is 1.41. The summed E-state index contributed by atoms with van der Waals surface area (Å²) in [5.41, 5.74) is 0. The third-order valence-electron chi connectivity index (χ3n) is 2.16. The Morgan fingerprint density at radius 1 is 1.69 bits per heavy atom. The van der Waals surface area contributed by atoms with Crippen molar-refractivity contribution in [3.05, 3.63) is 16.9 Å². The van der Waals surface area contributed by atoms with Crippen LogP contribution in [0, 0.1) is 0 Å². The van der Waals surface area contributed by atoms with Gasteiger partial charge in [0.05, 0.1) is 17.2 Å². The molecule has 0 amide bonds. The van der Waals surface area contributed by atoms with E-state index in [1.165, 1.54) is 0 Å². The minimum atomic E-state index is -0.679. The van der Waals surface area contributed by atoms with Crippen LogP contribution in [0.3, 0.4) is 0 Å². The number of nitrogens with zero attached hydrogens (tertiary/aromatic N) is 2. The van der Waals surface area contributed by atoms with Crippen molar-refractivity contribution in [3.63, 3.8) is 0 Å². The molecule has 0 radical (unpaired) electrons. The van der Waals surface area contributed by atoms with E-state index >= 15 is 0 Å². The topological polar surface area (TPSA) is 46.9 Å². The highest BCUT2D eigenvalue weighted by atomic mass is 79.9. The Hall–Kier alpha value is -0.200. The highest BCUT2D eigenvalue weighted by Gasteiger charge is 2.03. The molecule has 0 saturated heterocycles. The number of hydrogen-bond donors (Lipinski definition) is 1. The van der Waals surface area contributed by atoms with Crippen LogP contribution in [-0.2, 0) is 17.3 Å². The number of rotatable bonds is 7. The summed E-state index contributed by atoms with van der Waals surface area (Å²) in [5, 5.41) is 7.58. The van der Waals surface area contributed by atoms with Crippen molar-refractivity contribution in [2.45, 2.75) is 25.9 Å². The fourth-order valence-corrected chi connectivity index (χ4v) is 2.29. The van der Waals surface area contributed by atoms with E-state index in [4.69, 9.17) is 0 Å². The van der Waals surface area contributed by atoms with Crippen LogP contribution in [0.1, 0.15) is 13.3 Å². The van der Waals surface area contributed by atoms with Gasteiger partial charge in [0.2, 0.25) is 0 Å². The normalized spacial score (nSPS) is 14.9. The lowest BCUT2D eigenvalue weighted by Crippen LogP contribution is -2.31. The second-order valence-electron chi connectivity index (χ2n) is 3.87. The molecule has 0 spiro atoms. The van der Waals surface area contributed by atoms with Crippen LogP contribution in [0.4, 0.5) is 0 Å². The van der Waals surface area contributed by atoms with Gasteiger partial charge in [-0.15, -0.1) is 0 Å². The molecule has 1 aromatic rings. The predicted molar refractivity (Wildman–Crippen MR) is 70.9 cm³/mol. The molecule has 6 heteroatoms. The molecule has 4 nitrogen and oxygen atoms in total. The Morgan fingerprint density at radius 2 is 2.44 bits per heavy atom. The first kappa shape index (κ1) is 13.9. The van der Waals surface area contributed by atoms with E-state index < -0.39 is 10.8 Å². The largest absolute Gasteiger partial charge is 0.312 e. The summed E-state index contributed by atoms with van der Waals surface area (Å²) in [7, 11) is -0.679. The Morgan fingerprint density at radius 3 is 3.00 bits per heavy atom. The molecule has 1 heterocycles. The zero-order chi connectivity index (χ0) is 12.0. The summed E-state index contributed by atoms with van der Waals surface area (Å²) in [5.74, 6) is 0.771. The second kappa shape index (κ2) is 7.19. The number of halogens is 1. The quantitative estimate of drug-likeness (QED) is 0.775. The van der Waals surface area contributed by atoms with Crippen LogP contribution in [0.5, 0.6) is 0 Å². The molecule has 2 unspecified atom stereocenters. The number of aromatic nitrogens is 2. The average Bonchev–Trinajstić information content (AvgIpc) is 2.58. The van der Waals surface area contributed by atoms with Gasteiger partial charge in [0.1, 0.15) is 0 Å². The van der Waals surface area contributed by atoms with E-state index in [0.717, 1.165) is 29.7 Å². The Kier molecular flexibility index (Phi) is 6.23. The molecule has 1 rings (SSSR count). The number of nitrogens with one attached hydrogen (secondary N) is 1. The van der Waals surface area contributed by atoms with Gasteiger partial charge in [-0.2, -0.15) is 5.10 Å². The summed E-state index contributed by atoms with van der Waals surface area (Å²) >= 11 is 3.36. The maximum Gasteiger partial charge on any atom is 0.0632 e. The van der Waals surface area contributed by atoms with E-state index in [1.54, 1.807) is 12.5 Å². The van der Waals surface area contributed by atoms with Gasteiger partial charge in [0.15, 0.2) is 0 Å². The lowest BCUT2D eigenvalue weighted by atomic mass is 10.3. The molecule has 0 aliphatic carbocycles. The van der Waals surface area contributed by atoms with Gasteiger partial charge in [0.25, 0.3) is 0 Å². The monoisotopic (exact) mass is 307 g/mol. The van der Waals surface area contributed by atoms with E-state index in [2.05, 4.69) is 33.3 Å². The maximum absolute atomic E-state index is 10.8. The average molecular weight is 308 g/mol. The lowest BCUT2D eigenvalue weighted by molar-refractivity contribution is 0.452. The van der Waals surface area contributed by atoms with Gasteiger partial charge in [-0.25, -0.2) is 0 Å². The minimum Gasteiger partial charge on any atom is -0.312 e. The van der Waals surface area contributed by atoms with E-state index in [-0.39, 0.29) is 0 Å². The van der Waals surface area contributed by atoms with Gasteiger partial charge in [-0.05, 0) is 35.8 Å². The molecule has 1 N–H and O–H groups in total. The van der Waals surface area contributed by atoms with Crippen molar-refractivity contribution in [1.82, 2.24) is 15.1 Å². The highest BCUT2D eigenvalue weighted by molar-refractivity contribution is 9.10. The number of hydrogen-bond acceptors (Lipinski definition) is 3. The molecule has 0 aliphatic heterocycles. The predicted octanol–water partition coefficient (Wildman–Crippen LogP) is 1.39. The fraction of sp³-hybridized carbons (Fsp3) is 0.700. The van der Waals surface area contributed by atoms with Gasteiger partial charge >= 0.3 is 0 Å². The first-order valence-electron chi connectivity index (χ1n) is 5.29. The molecule has 0 aromatic carbocycles. The molecule has 0 saturated carbocycles. The summed E-state index contributed by atoms with van der Waals surface area (Å²) < 4.78 is 13.7. The van der Waals surface area contributed by atoms with Crippen LogP contribution < -0.4 is 5.32 Å². The first-order chi connectivity index (χ1) is 7.58. The van der Waals surface area contributed by atoms with E-state index in [1.807, 2.05) is 10.9 Å². The van der Waals surface area contributed by atoms with Crippen molar-refractivity contribution in [1.29, 1.82) is 0 Å². The van der Waals surface area contributed by atoms with Gasteiger partial charge in [-0.3, -0.25) is 8.89 Å². The summed E-state index contributed by atoms with van der Waals surface area (Å²) in [6.07, 6.45) is 6.44. The van der Waals surface area contributed by atoms with Crippen molar-refractivity contribution < 1.29 is 4.21 Å².